The number of nitrogens with one attached hydrogen (secondary N) is 1. The fraction of sp³-hybridized carbons (Fsp3) is 0.932. The van der Waals surface area contributed by atoms with Crippen molar-refractivity contribution in [1.82, 2.24) is 5.32 Å². The van der Waals surface area contributed by atoms with Crippen LogP contribution in [0.2, 0.25) is 0 Å². The van der Waals surface area contributed by atoms with Crippen LogP contribution < -0.4 is 5.32 Å². The van der Waals surface area contributed by atoms with E-state index in [1.807, 2.05) is 6.08 Å². The van der Waals surface area contributed by atoms with Crippen molar-refractivity contribution in [2.45, 2.75) is 415 Å². The van der Waals surface area contributed by atoms with Crippen LogP contribution in [0.1, 0.15) is 341 Å². The molecule has 2 fully saturated rings. The first-order valence-corrected chi connectivity index (χ1v) is 37.1. The Kier molecular flexibility index (Phi) is 54.7. The van der Waals surface area contributed by atoms with Gasteiger partial charge in [0.2, 0.25) is 5.91 Å². The zero-order valence-corrected chi connectivity index (χ0v) is 56.0. The van der Waals surface area contributed by atoms with E-state index in [0.717, 1.165) is 32.1 Å². The molecule has 0 aromatic rings. The minimum atomic E-state index is -1.79. The van der Waals surface area contributed by atoms with Gasteiger partial charge in [-0.05, 0) is 32.1 Å². The monoisotopic (exact) mass is 1240 g/mol. The number of hydrogen-bond acceptors (Lipinski definition) is 13. The molecule has 14 nitrogen and oxygen atoms in total. The van der Waals surface area contributed by atoms with Gasteiger partial charge in [-0.3, -0.25) is 4.79 Å². The van der Waals surface area contributed by atoms with Crippen molar-refractivity contribution in [3.8, 4) is 0 Å². The number of carbonyl (C=O) groups is 1. The average molecular weight is 1240 g/mol. The summed E-state index contributed by atoms with van der Waals surface area (Å²) in [6.45, 7) is 2.84. The zero-order valence-electron chi connectivity index (χ0n) is 56.0. The second-order valence-electron chi connectivity index (χ2n) is 26.4. The molecule has 0 aromatic carbocycles. The maximum Gasteiger partial charge on any atom is 0.220 e. The molecule has 0 bridgehead atoms. The molecule has 12 unspecified atom stereocenters. The van der Waals surface area contributed by atoms with Gasteiger partial charge in [-0.15, -0.1) is 0 Å². The average Bonchev–Trinajstić information content (AvgIpc) is 2.33. The minimum absolute atomic E-state index is 0.241. The Labute approximate surface area is 532 Å². The van der Waals surface area contributed by atoms with Crippen LogP contribution >= 0.6 is 0 Å². The van der Waals surface area contributed by atoms with Gasteiger partial charge in [-0.25, -0.2) is 0 Å². The standard InChI is InChI=1S/C73H139NO13/c1-3-5-7-9-11-13-15-17-19-21-23-25-27-28-29-30-31-32-33-34-35-36-38-40-42-44-46-48-50-52-54-56-62(77)61(60-84-72-70(83)68(81)71(64(59-76)86-72)87-73-69(82)67(80)66(79)63(58-75)85-73)74-65(78)57-55-53-51-49-47-45-43-41-39-37-26-24-22-20-18-16-14-12-10-8-6-4-2/h46,48,54,56,61-64,66-73,75-77,79-83H,3-45,47,49-53,55,57-60H2,1-2H3,(H,74,78)/b48-46+,56-54+. The predicted octanol–water partition coefficient (Wildman–Crippen LogP) is 15.5. The first kappa shape index (κ1) is 81.6. The molecule has 9 N–H and O–H groups in total. The van der Waals surface area contributed by atoms with E-state index in [4.69, 9.17) is 18.9 Å². The van der Waals surface area contributed by atoms with Crippen molar-refractivity contribution in [3.05, 3.63) is 24.3 Å². The highest BCUT2D eigenvalue weighted by atomic mass is 16.7. The van der Waals surface area contributed by atoms with E-state index in [1.165, 1.54) is 276 Å². The summed E-state index contributed by atoms with van der Waals surface area (Å²) >= 11 is 0. The molecule has 514 valence electrons. The van der Waals surface area contributed by atoms with Gasteiger partial charge in [0, 0.05) is 6.42 Å². The lowest BCUT2D eigenvalue weighted by Gasteiger charge is -2.46. The van der Waals surface area contributed by atoms with Crippen LogP contribution in [0, 0.1) is 0 Å². The first-order valence-electron chi connectivity index (χ1n) is 37.1. The number of unbranched alkanes of at least 4 members (excludes halogenated alkanes) is 47. The molecule has 2 aliphatic rings. The second kappa shape index (κ2) is 58.3. The third kappa shape index (κ3) is 42.4. The van der Waals surface area contributed by atoms with Crippen LogP contribution in [0.3, 0.4) is 0 Å². The molecule has 0 radical (unpaired) electrons. The van der Waals surface area contributed by atoms with Crippen molar-refractivity contribution in [2.75, 3.05) is 19.8 Å². The highest BCUT2D eigenvalue weighted by Gasteiger charge is 2.51. The molecule has 2 saturated heterocycles. The quantitative estimate of drug-likeness (QED) is 0.0204. The highest BCUT2D eigenvalue weighted by Crippen LogP contribution is 2.30. The fourth-order valence-electron chi connectivity index (χ4n) is 12.5. The van der Waals surface area contributed by atoms with Crippen molar-refractivity contribution in [1.29, 1.82) is 0 Å². The van der Waals surface area contributed by atoms with Gasteiger partial charge in [0.05, 0.1) is 32.0 Å². The summed E-state index contributed by atoms with van der Waals surface area (Å²) in [5, 5.41) is 87.5. The Morgan fingerprint density at radius 3 is 1.13 bits per heavy atom. The number of hydrogen-bond donors (Lipinski definition) is 9. The van der Waals surface area contributed by atoms with E-state index in [0.29, 0.717) is 12.8 Å². The summed E-state index contributed by atoms with van der Waals surface area (Å²) in [5.41, 5.74) is 0. The largest absolute Gasteiger partial charge is 0.394 e. The van der Waals surface area contributed by atoms with Crippen LogP contribution in [0.25, 0.3) is 0 Å². The lowest BCUT2D eigenvalue weighted by atomic mass is 9.97. The van der Waals surface area contributed by atoms with Crippen molar-refractivity contribution in [3.63, 3.8) is 0 Å². The number of aliphatic hydroxyl groups is 8. The summed E-state index contributed by atoms with van der Waals surface area (Å²) in [5.74, 6) is -0.241. The van der Waals surface area contributed by atoms with E-state index in [-0.39, 0.29) is 18.9 Å². The highest BCUT2D eigenvalue weighted by molar-refractivity contribution is 5.76. The third-order valence-corrected chi connectivity index (χ3v) is 18.4. The summed E-state index contributed by atoms with van der Waals surface area (Å²) in [6, 6.07) is -0.929. The van der Waals surface area contributed by atoms with Gasteiger partial charge in [0.25, 0.3) is 0 Å². The molecule has 0 aliphatic carbocycles. The minimum Gasteiger partial charge on any atom is -0.394 e. The fourth-order valence-corrected chi connectivity index (χ4v) is 12.5. The molecule has 87 heavy (non-hydrogen) atoms. The summed E-state index contributed by atoms with van der Waals surface area (Å²) in [7, 11) is 0. The summed E-state index contributed by atoms with van der Waals surface area (Å²) in [6.07, 6.45) is 56.8. The Hall–Kier alpha value is -1.53. The summed E-state index contributed by atoms with van der Waals surface area (Å²) in [4.78, 5) is 13.3. The molecule has 2 heterocycles. The van der Waals surface area contributed by atoms with Crippen LogP contribution in [0.15, 0.2) is 24.3 Å². The molecule has 2 rings (SSSR count). The molecule has 12 atom stereocenters. The predicted molar refractivity (Wildman–Crippen MR) is 355 cm³/mol. The smallest absolute Gasteiger partial charge is 0.220 e. The van der Waals surface area contributed by atoms with Gasteiger partial charge >= 0.3 is 0 Å². The van der Waals surface area contributed by atoms with Gasteiger partial charge in [-0.2, -0.15) is 0 Å². The number of amides is 1. The van der Waals surface area contributed by atoms with Crippen molar-refractivity contribution < 1.29 is 64.6 Å². The van der Waals surface area contributed by atoms with Crippen molar-refractivity contribution >= 4 is 5.91 Å². The molecular weight excluding hydrogens is 1100 g/mol. The van der Waals surface area contributed by atoms with Crippen LogP contribution in [-0.2, 0) is 23.7 Å². The summed E-state index contributed by atoms with van der Waals surface area (Å²) < 4.78 is 22.9. The maximum atomic E-state index is 13.3. The van der Waals surface area contributed by atoms with E-state index in [1.54, 1.807) is 6.08 Å². The number of carbonyl (C=O) groups excluding carboxylic acids is 1. The third-order valence-electron chi connectivity index (χ3n) is 18.4. The lowest BCUT2D eigenvalue weighted by molar-refractivity contribution is -0.359. The van der Waals surface area contributed by atoms with E-state index < -0.39 is 86.8 Å². The molecule has 14 heteroatoms. The molecule has 0 aromatic heterocycles. The molecule has 0 saturated carbocycles. The number of rotatable bonds is 62. The second-order valence-corrected chi connectivity index (χ2v) is 26.4. The van der Waals surface area contributed by atoms with Gasteiger partial charge < -0.3 is 65.1 Å². The Balaban J connectivity index is 1.66. The van der Waals surface area contributed by atoms with Gasteiger partial charge in [-0.1, -0.05) is 327 Å². The van der Waals surface area contributed by atoms with Crippen molar-refractivity contribution in [2.24, 2.45) is 0 Å². The number of ether oxygens (including phenoxy) is 4. The van der Waals surface area contributed by atoms with Crippen LogP contribution in [0.4, 0.5) is 0 Å². The van der Waals surface area contributed by atoms with Crippen LogP contribution in [0.5, 0.6) is 0 Å². The Morgan fingerprint density at radius 2 is 0.736 bits per heavy atom. The Morgan fingerprint density at radius 1 is 0.402 bits per heavy atom. The van der Waals surface area contributed by atoms with E-state index >= 15 is 0 Å². The van der Waals surface area contributed by atoms with Gasteiger partial charge in [0.15, 0.2) is 12.6 Å². The first-order chi connectivity index (χ1) is 42.6. The molecule has 0 spiro atoms. The maximum absolute atomic E-state index is 13.3. The number of aliphatic hydroxyl groups excluding tert-OH is 8. The number of allylic oxidation sites excluding steroid dienone is 3. The lowest BCUT2D eigenvalue weighted by Crippen LogP contribution is -2.65. The zero-order chi connectivity index (χ0) is 63.1. The topological polar surface area (TPSA) is 228 Å². The molecule has 2 aliphatic heterocycles. The van der Waals surface area contributed by atoms with E-state index in [9.17, 15) is 45.6 Å². The van der Waals surface area contributed by atoms with Crippen LogP contribution in [-0.4, -0.2) is 140 Å². The molecule has 1 amide bonds. The normalized spacial score (nSPS) is 23.3. The molecular formula is C73H139NO13. The SMILES string of the molecule is CCCCCCCCCCCCCCCCCCCCCCCCCCC/C=C/CC/C=C/C(O)C(COC1OC(CO)C(OC2OC(CO)C(O)C(O)C2O)C(O)C1O)NC(=O)CCCCCCCCCCCCCCCCCCCCCCCC. The Bertz CT molecular complexity index is 1550. The van der Waals surface area contributed by atoms with Gasteiger partial charge in [0.1, 0.15) is 48.8 Å². The van der Waals surface area contributed by atoms with E-state index in [2.05, 4.69) is 31.3 Å².